The van der Waals surface area contributed by atoms with E-state index in [1.165, 1.54) is 4.90 Å². The van der Waals surface area contributed by atoms with Crippen LogP contribution in [0.2, 0.25) is 0 Å². The van der Waals surface area contributed by atoms with Gasteiger partial charge in [0.1, 0.15) is 6.10 Å². The van der Waals surface area contributed by atoms with Crippen LogP contribution in [0.4, 0.5) is 13.2 Å². The number of alkyl halides is 3. The average molecular weight is 826 g/mol. The van der Waals surface area contributed by atoms with Gasteiger partial charge in [-0.25, -0.2) is 13.4 Å². The molecular weight excluding hydrogens is 776 g/mol. The van der Waals surface area contributed by atoms with Crippen LogP contribution in [-0.4, -0.2) is 77.6 Å². The van der Waals surface area contributed by atoms with Crippen molar-refractivity contribution >= 4 is 55.3 Å². The van der Waals surface area contributed by atoms with E-state index in [-0.39, 0.29) is 37.6 Å². The van der Waals surface area contributed by atoms with Gasteiger partial charge in [0.05, 0.1) is 41.1 Å². The molecule has 0 spiro atoms. The van der Waals surface area contributed by atoms with Gasteiger partial charge >= 0.3 is 12.1 Å². The van der Waals surface area contributed by atoms with Gasteiger partial charge in [0.25, 0.3) is 0 Å². The Morgan fingerprint density at radius 3 is 2.33 bits per heavy atom. The highest BCUT2D eigenvalue weighted by Crippen LogP contribution is 2.57. The normalized spacial score (nSPS) is 29.2. The number of rotatable bonds is 8. The zero-order chi connectivity index (χ0) is 41.8. The van der Waals surface area contributed by atoms with Crippen molar-refractivity contribution in [3.8, 4) is 5.88 Å². The highest BCUT2D eigenvalue weighted by Gasteiger charge is 2.62. The van der Waals surface area contributed by atoms with E-state index in [9.17, 15) is 40.8 Å². The molecular formula is C43H50F3N3O8S. The number of aromatic nitrogens is 1. The van der Waals surface area contributed by atoms with E-state index in [0.29, 0.717) is 43.0 Å². The molecule has 7 atom stereocenters. The third-order valence-electron chi connectivity index (χ3n) is 12.5. The number of sulfonamides is 1. The number of hydrogen-bond acceptors (Lipinski definition) is 9. The second-order valence-electron chi connectivity index (χ2n) is 17.4. The van der Waals surface area contributed by atoms with E-state index < -0.39 is 92.4 Å². The lowest BCUT2D eigenvalue weighted by molar-refractivity contribution is -0.257. The van der Waals surface area contributed by atoms with Gasteiger partial charge in [-0.15, -0.1) is 0 Å². The molecule has 2 saturated carbocycles. The molecule has 11 nitrogen and oxygen atoms in total. The number of esters is 1. The third-order valence-corrected chi connectivity index (χ3v) is 14.3. The zero-order valence-corrected chi connectivity index (χ0v) is 33.9. The molecule has 1 N–H and O–H groups in total. The Kier molecular flexibility index (Phi) is 11.2. The Labute approximate surface area is 336 Å². The van der Waals surface area contributed by atoms with Gasteiger partial charge in [-0.05, 0) is 87.6 Å². The minimum Gasteiger partial charge on any atom is -0.472 e. The maximum absolute atomic E-state index is 14.9. The number of Topliss-reactive ketones (excluding diaryl/α,β-unsaturated/α-hetero) is 1. The summed E-state index contributed by atoms with van der Waals surface area (Å²) in [7, 11) is -3.93. The monoisotopic (exact) mass is 825 g/mol. The summed E-state index contributed by atoms with van der Waals surface area (Å²) in [6.45, 7) is 5.14. The lowest BCUT2D eigenvalue weighted by Gasteiger charge is -2.33. The van der Waals surface area contributed by atoms with Gasteiger partial charge in [-0.2, -0.15) is 13.2 Å². The van der Waals surface area contributed by atoms with E-state index in [1.807, 2.05) is 67.6 Å². The first-order valence-corrected chi connectivity index (χ1v) is 21.6. The minimum absolute atomic E-state index is 0.00492. The van der Waals surface area contributed by atoms with Crippen LogP contribution in [0.25, 0.3) is 21.7 Å². The molecule has 312 valence electrons. The standard InChI is InChI=1S/C43H50F3N3O8S/c1-25-11-5-6-12-27-22-42(27,40(53)48-58(54,55)29-17-18-29)23-36(50)35-20-28(56-38-32-15-8-7-13-30(32)31-14-9-10-16-34(31)47-38)24-49(35)39(52)33(26(2)19-25)21-37(51)57-41(3,4)43(44,45)46/h6-10,12-16,25-29,33,35H,5,11,17-24H2,1-4H3,(H,48,53)/b12-6-/t25-,26-,27-,28-,33+,35+,42-/m1/s1. The summed E-state index contributed by atoms with van der Waals surface area (Å²) in [5, 5.41) is 1.84. The molecule has 4 aliphatic rings. The van der Waals surface area contributed by atoms with E-state index in [4.69, 9.17) is 14.5 Å². The van der Waals surface area contributed by atoms with Crippen molar-refractivity contribution in [3.05, 3.63) is 60.7 Å². The largest absolute Gasteiger partial charge is 0.472 e. The number of ether oxygens (including phenoxy) is 2. The van der Waals surface area contributed by atoms with Crippen LogP contribution in [0.1, 0.15) is 85.5 Å². The minimum atomic E-state index is -4.86. The SMILES string of the molecule is C[C@@H]1CC/C=C\[C@@H]2C[C@@]2(C(=O)NS(=O)(=O)C2CC2)CC(=O)[C@@H]2C[C@@H](Oc3nc4ccccc4c4ccccc34)CN2C(=O)[C@@H](CC(=O)OC(C)(C)C(F)(F)F)[C@H](C)C1. The zero-order valence-electron chi connectivity index (χ0n) is 33.1. The molecule has 2 amide bonds. The van der Waals surface area contributed by atoms with Crippen molar-refractivity contribution in [3.63, 3.8) is 0 Å². The van der Waals surface area contributed by atoms with Gasteiger partial charge in [0.2, 0.25) is 33.3 Å². The number of para-hydroxylation sites is 1. The molecule has 15 heteroatoms. The van der Waals surface area contributed by atoms with Crippen LogP contribution in [-0.2, 0) is 33.9 Å². The lowest BCUT2D eigenvalue weighted by atomic mass is 9.82. The number of nitrogens with one attached hydrogen (secondary N) is 1. The summed E-state index contributed by atoms with van der Waals surface area (Å²) in [6, 6.07) is 13.9. The van der Waals surface area contributed by atoms with Crippen molar-refractivity contribution in [2.24, 2.45) is 29.1 Å². The van der Waals surface area contributed by atoms with E-state index >= 15 is 0 Å². The van der Waals surface area contributed by atoms with Gasteiger partial charge in [0.15, 0.2) is 5.78 Å². The third kappa shape index (κ3) is 8.46. The Balaban J connectivity index is 1.24. The van der Waals surface area contributed by atoms with Crippen LogP contribution in [0, 0.1) is 29.1 Å². The maximum Gasteiger partial charge on any atom is 0.427 e. The molecule has 3 heterocycles. The smallest absolute Gasteiger partial charge is 0.427 e. The highest BCUT2D eigenvalue weighted by atomic mass is 32.2. The summed E-state index contributed by atoms with van der Waals surface area (Å²) < 4.78 is 81.0. The molecule has 3 aromatic rings. The quantitative estimate of drug-likeness (QED) is 0.141. The summed E-state index contributed by atoms with van der Waals surface area (Å²) in [5.74, 6) is -4.80. The molecule has 0 radical (unpaired) electrons. The van der Waals surface area contributed by atoms with Crippen molar-refractivity contribution in [2.75, 3.05) is 6.54 Å². The summed E-state index contributed by atoms with van der Waals surface area (Å²) in [4.78, 5) is 62.8. The number of halogens is 3. The number of carbonyl (C=O) groups excluding carboxylic acids is 4. The number of pyridine rings is 1. The Morgan fingerprint density at radius 2 is 1.64 bits per heavy atom. The maximum atomic E-state index is 14.9. The van der Waals surface area contributed by atoms with E-state index in [0.717, 1.165) is 24.6 Å². The molecule has 1 saturated heterocycles. The van der Waals surface area contributed by atoms with Crippen LogP contribution in [0.15, 0.2) is 60.7 Å². The van der Waals surface area contributed by atoms with Gasteiger partial charge in [-0.1, -0.05) is 62.4 Å². The first-order chi connectivity index (χ1) is 27.3. The number of allylic oxidation sites excluding steroid dienone is 2. The summed E-state index contributed by atoms with van der Waals surface area (Å²) >= 11 is 0. The average Bonchev–Trinajstić information content (AvgIpc) is 4.08. The fraction of sp³-hybridized carbons (Fsp3) is 0.558. The predicted octanol–water partition coefficient (Wildman–Crippen LogP) is 7.21. The van der Waals surface area contributed by atoms with Crippen LogP contribution in [0.5, 0.6) is 5.88 Å². The summed E-state index contributed by atoms with van der Waals surface area (Å²) in [5.41, 5.74) is -3.49. The molecule has 3 fully saturated rings. The van der Waals surface area contributed by atoms with Crippen molar-refractivity contribution < 1.29 is 50.2 Å². The van der Waals surface area contributed by atoms with E-state index in [1.54, 1.807) is 6.92 Å². The number of amides is 2. The fourth-order valence-corrected chi connectivity index (χ4v) is 10.1. The Hall–Kier alpha value is -4.53. The number of benzene rings is 2. The second kappa shape index (κ2) is 15.6. The van der Waals surface area contributed by atoms with Crippen molar-refractivity contribution in [1.29, 1.82) is 0 Å². The van der Waals surface area contributed by atoms with Gasteiger partial charge in [-0.3, -0.25) is 23.9 Å². The molecule has 1 aromatic heterocycles. The number of nitrogens with zero attached hydrogens (tertiary/aromatic N) is 2. The predicted molar refractivity (Wildman–Crippen MR) is 210 cm³/mol. The Morgan fingerprint density at radius 1 is 0.966 bits per heavy atom. The summed E-state index contributed by atoms with van der Waals surface area (Å²) in [6.07, 6.45) is -0.0167. The molecule has 0 unspecified atom stereocenters. The highest BCUT2D eigenvalue weighted by molar-refractivity contribution is 7.90. The molecule has 2 aliphatic carbocycles. The molecule has 2 aliphatic heterocycles. The fourth-order valence-electron chi connectivity index (χ4n) is 8.67. The number of hydrogen-bond donors (Lipinski definition) is 1. The number of ketones is 1. The topological polar surface area (TPSA) is 149 Å². The molecule has 58 heavy (non-hydrogen) atoms. The van der Waals surface area contributed by atoms with Gasteiger partial charge in [0, 0.05) is 23.6 Å². The van der Waals surface area contributed by atoms with Gasteiger partial charge < -0.3 is 14.4 Å². The van der Waals surface area contributed by atoms with Crippen molar-refractivity contribution in [1.82, 2.24) is 14.6 Å². The molecule has 2 aromatic carbocycles. The van der Waals surface area contributed by atoms with Crippen LogP contribution >= 0.6 is 0 Å². The number of carbonyl (C=O) groups is 4. The van der Waals surface area contributed by atoms with Crippen LogP contribution in [0.3, 0.4) is 0 Å². The number of fused-ring (bicyclic) bond motifs is 5. The molecule has 7 rings (SSSR count). The van der Waals surface area contributed by atoms with Crippen LogP contribution < -0.4 is 9.46 Å². The first kappa shape index (κ1) is 41.6. The van der Waals surface area contributed by atoms with E-state index in [2.05, 4.69) is 4.72 Å². The lowest BCUT2D eigenvalue weighted by Crippen LogP contribution is -2.48. The van der Waals surface area contributed by atoms with Crippen molar-refractivity contribution in [2.45, 2.75) is 115 Å². The first-order valence-electron chi connectivity index (χ1n) is 20.1. The molecule has 0 bridgehead atoms. The second-order valence-corrected chi connectivity index (χ2v) is 19.3. The Bertz CT molecular complexity index is 2260.